The molecule has 0 aliphatic heterocycles. The molecule has 0 fully saturated rings. The predicted octanol–water partition coefficient (Wildman–Crippen LogP) is 2.83. The van der Waals surface area contributed by atoms with Crippen LogP contribution in [0.15, 0.2) is 36.4 Å². The van der Waals surface area contributed by atoms with E-state index in [1.54, 1.807) is 18.2 Å². The lowest BCUT2D eigenvalue weighted by molar-refractivity contribution is 0.630. The van der Waals surface area contributed by atoms with Crippen molar-refractivity contribution in [1.82, 2.24) is 15.0 Å². The molecule has 0 bridgehead atoms. The van der Waals surface area contributed by atoms with Crippen LogP contribution in [0.3, 0.4) is 0 Å². The molecule has 1 N–H and O–H groups in total. The number of fused-ring (bicyclic) bond motifs is 1. The molecule has 3 aromatic rings. The zero-order valence-corrected chi connectivity index (χ0v) is 10.7. The maximum atomic E-state index is 13.7. The van der Waals surface area contributed by atoms with E-state index in [1.807, 2.05) is 31.1 Å². The number of H-pyrrole nitrogens is 1. The van der Waals surface area contributed by atoms with Gasteiger partial charge in [0.1, 0.15) is 17.5 Å². The molecule has 1 aromatic carbocycles. The van der Waals surface area contributed by atoms with Gasteiger partial charge in [0.2, 0.25) is 0 Å². The number of pyridine rings is 1. The summed E-state index contributed by atoms with van der Waals surface area (Å²) in [6.07, 6.45) is 0. The number of anilines is 1. The van der Waals surface area contributed by atoms with Crippen molar-refractivity contribution >= 4 is 17.0 Å². The Balaban J connectivity index is 2.14. The van der Waals surface area contributed by atoms with E-state index in [-0.39, 0.29) is 5.82 Å². The van der Waals surface area contributed by atoms with E-state index in [0.29, 0.717) is 17.0 Å². The predicted molar refractivity (Wildman–Crippen MR) is 73.6 cm³/mol. The van der Waals surface area contributed by atoms with Crippen LogP contribution in [0, 0.1) is 5.82 Å². The number of nitrogens with zero attached hydrogens (tertiary/aromatic N) is 3. The summed E-state index contributed by atoms with van der Waals surface area (Å²) in [5, 5.41) is 0. The van der Waals surface area contributed by atoms with Gasteiger partial charge in [-0.1, -0.05) is 12.1 Å². The van der Waals surface area contributed by atoms with E-state index in [9.17, 15) is 4.39 Å². The van der Waals surface area contributed by atoms with Gasteiger partial charge in [-0.2, -0.15) is 0 Å². The number of hydrogen-bond acceptors (Lipinski definition) is 3. The number of rotatable bonds is 2. The normalized spacial score (nSPS) is 10.9. The summed E-state index contributed by atoms with van der Waals surface area (Å²) in [5.74, 6) is 1.02. The quantitative estimate of drug-likeness (QED) is 0.766. The minimum absolute atomic E-state index is 0.297. The lowest BCUT2D eigenvalue weighted by atomic mass is 10.2. The highest BCUT2D eigenvalue weighted by atomic mass is 19.1. The molecule has 0 amide bonds. The first kappa shape index (κ1) is 11.6. The molecule has 0 aliphatic carbocycles. The molecule has 0 radical (unpaired) electrons. The van der Waals surface area contributed by atoms with Gasteiger partial charge in [0.05, 0.1) is 11.1 Å². The summed E-state index contributed by atoms with van der Waals surface area (Å²) in [6, 6.07) is 10.3. The zero-order chi connectivity index (χ0) is 13.4. The Morgan fingerprint density at radius 3 is 2.58 bits per heavy atom. The van der Waals surface area contributed by atoms with Gasteiger partial charge >= 0.3 is 0 Å². The molecular weight excluding hydrogens is 243 g/mol. The smallest absolute Gasteiger partial charge is 0.180 e. The lowest BCUT2D eigenvalue weighted by Gasteiger charge is -2.09. The highest BCUT2D eigenvalue weighted by Crippen LogP contribution is 2.23. The van der Waals surface area contributed by atoms with Gasteiger partial charge in [0.15, 0.2) is 5.65 Å². The molecule has 19 heavy (non-hydrogen) atoms. The second-order valence-corrected chi connectivity index (χ2v) is 4.50. The molecule has 0 atom stereocenters. The van der Waals surface area contributed by atoms with Crippen molar-refractivity contribution in [3.05, 3.63) is 42.2 Å². The molecular formula is C14H13FN4. The van der Waals surface area contributed by atoms with Crippen LogP contribution in [-0.2, 0) is 0 Å². The Morgan fingerprint density at radius 1 is 1.05 bits per heavy atom. The average Bonchev–Trinajstić information content (AvgIpc) is 2.81. The molecule has 2 aromatic heterocycles. The summed E-state index contributed by atoms with van der Waals surface area (Å²) in [5.41, 5.74) is 1.83. The number of aromatic amines is 1. The summed E-state index contributed by atoms with van der Waals surface area (Å²) in [4.78, 5) is 13.8. The highest BCUT2D eigenvalue weighted by Gasteiger charge is 2.10. The van der Waals surface area contributed by atoms with Crippen LogP contribution >= 0.6 is 0 Å². The third-order valence-electron chi connectivity index (χ3n) is 2.92. The number of aromatic nitrogens is 3. The largest absolute Gasteiger partial charge is 0.363 e. The molecule has 4 nitrogen and oxygen atoms in total. The standard InChI is InChI=1S/C14H13FN4/c1-19(2)12-8-7-11-14(17-12)18-13(16-11)9-5-3-4-6-10(9)15/h3-8H,1-2H3,(H,16,17,18). The average molecular weight is 256 g/mol. The fraction of sp³-hybridized carbons (Fsp3) is 0.143. The molecule has 0 spiro atoms. The van der Waals surface area contributed by atoms with Crippen molar-refractivity contribution in [1.29, 1.82) is 0 Å². The fourth-order valence-corrected chi connectivity index (χ4v) is 1.91. The number of imidazole rings is 1. The Hall–Kier alpha value is -2.43. The van der Waals surface area contributed by atoms with Gasteiger partial charge in [-0.05, 0) is 24.3 Å². The maximum absolute atomic E-state index is 13.7. The van der Waals surface area contributed by atoms with E-state index in [2.05, 4.69) is 15.0 Å². The summed E-state index contributed by atoms with van der Waals surface area (Å²) in [6.45, 7) is 0. The van der Waals surface area contributed by atoms with Crippen LogP contribution in [0.4, 0.5) is 10.2 Å². The van der Waals surface area contributed by atoms with E-state index in [4.69, 9.17) is 0 Å². The van der Waals surface area contributed by atoms with Crippen LogP contribution in [0.25, 0.3) is 22.6 Å². The van der Waals surface area contributed by atoms with Crippen LogP contribution in [0.5, 0.6) is 0 Å². The van der Waals surface area contributed by atoms with Crippen molar-refractivity contribution in [2.45, 2.75) is 0 Å². The summed E-state index contributed by atoms with van der Waals surface area (Å²) in [7, 11) is 3.83. The number of halogens is 1. The Bertz CT molecular complexity index is 733. The zero-order valence-electron chi connectivity index (χ0n) is 10.7. The van der Waals surface area contributed by atoms with Crippen LogP contribution in [0.1, 0.15) is 0 Å². The van der Waals surface area contributed by atoms with Gasteiger partial charge in [-0.15, -0.1) is 0 Å². The minimum Gasteiger partial charge on any atom is -0.363 e. The van der Waals surface area contributed by atoms with Crippen molar-refractivity contribution < 1.29 is 4.39 Å². The highest BCUT2D eigenvalue weighted by molar-refractivity contribution is 5.77. The van der Waals surface area contributed by atoms with E-state index >= 15 is 0 Å². The van der Waals surface area contributed by atoms with Crippen molar-refractivity contribution in [2.75, 3.05) is 19.0 Å². The van der Waals surface area contributed by atoms with E-state index < -0.39 is 0 Å². The molecule has 2 heterocycles. The number of benzene rings is 1. The molecule has 3 rings (SSSR count). The molecule has 5 heteroatoms. The number of nitrogens with one attached hydrogen (secondary N) is 1. The van der Waals surface area contributed by atoms with Crippen LogP contribution < -0.4 is 4.90 Å². The molecule has 0 saturated heterocycles. The summed E-state index contributed by atoms with van der Waals surface area (Å²) >= 11 is 0. The Kier molecular flexibility index (Phi) is 2.67. The van der Waals surface area contributed by atoms with Gasteiger partial charge in [0, 0.05) is 14.1 Å². The van der Waals surface area contributed by atoms with Crippen LogP contribution in [0.2, 0.25) is 0 Å². The van der Waals surface area contributed by atoms with Gasteiger partial charge in [-0.3, -0.25) is 0 Å². The second kappa shape index (κ2) is 4.35. The lowest BCUT2D eigenvalue weighted by Crippen LogP contribution is -2.10. The van der Waals surface area contributed by atoms with Gasteiger partial charge < -0.3 is 9.88 Å². The first-order valence-electron chi connectivity index (χ1n) is 5.94. The third-order valence-corrected chi connectivity index (χ3v) is 2.92. The Morgan fingerprint density at radius 2 is 1.84 bits per heavy atom. The van der Waals surface area contributed by atoms with Crippen molar-refractivity contribution in [3.63, 3.8) is 0 Å². The molecule has 96 valence electrons. The second-order valence-electron chi connectivity index (χ2n) is 4.50. The van der Waals surface area contributed by atoms with Gasteiger partial charge in [0.25, 0.3) is 0 Å². The van der Waals surface area contributed by atoms with Crippen LogP contribution in [-0.4, -0.2) is 29.0 Å². The maximum Gasteiger partial charge on any atom is 0.180 e. The summed E-state index contributed by atoms with van der Waals surface area (Å²) < 4.78 is 13.7. The SMILES string of the molecule is CN(C)c1ccc2[nH]c(-c3ccccc3F)nc2n1. The van der Waals surface area contributed by atoms with E-state index in [0.717, 1.165) is 11.3 Å². The van der Waals surface area contributed by atoms with Gasteiger partial charge in [-0.25, -0.2) is 14.4 Å². The number of hydrogen-bond donors (Lipinski definition) is 1. The molecule has 0 saturated carbocycles. The first-order valence-corrected chi connectivity index (χ1v) is 5.94. The van der Waals surface area contributed by atoms with Crippen molar-refractivity contribution in [2.24, 2.45) is 0 Å². The van der Waals surface area contributed by atoms with Crippen molar-refractivity contribution in [3.8, 4) is 11.4 Å². The monoisotopic (exact) mass is 256 g/mol. The Labute approximate surface area is 109 Å². The van der Waals surface area contributed by atoms with E-state index in [1.165, 1.54) is 6.07 Å². The minimum atomic E-state index is -0.297. The molecule has 0 aliphatic rings. The fourth-order valence-electron chi connectivity index (χ4n) is 1.91. The first-order chi connectivity index (χ1) is 9.15. The topological polar surface area (TPSA) is 44.8 Å². The third kappa shape index (κ3) is 2.03. The molecule has 0 unspecified atom stereocenters.